The molecule has 1 aromatic heterocycles. The smallest absolute Gasteiger partial charge is 0.0803 e. The Bertz CT molecular complexity index is 573. The van der Waals surface area contributed by atoms with E-state index in [1.165, 1.54) is 10.9 Å². The second kappa shape index (κ2) is 7.01. The second-order valence-corrected chi connectivity index (χ2v) is 5.67. The van der Waals surface area contributed by atoms with Gasteiger partial charge in [-0.05, 0) is 44.0 Å². The number of rotatable bonds is 7. The number of likely N-dealkylation sites (N-methyl/N-ethyl adjacent to an activating group) is 1. The van der Waals surface area contributed by atoms with Crippen molar-refractivity contribution in [3.8, 4) is 0 Å². The van der Waals surface area contributed by atoms with E-state index in [-0.39, 0.29) is 11.6 Å². The van der Waals surface area contributed by atoms with Crippen LogP contribution >= 0.6 is 0 Å². The van der Waals surface area contributed by atoms with Gasteiger partial charge >= 0.3 is 0 Å². The van der Waals surface area contributed by atoms with Gasteiger partial charge in [0.25, 0.3) is 0 Å². The average molecular weight is 286 g/mol. The molecule has 0 saturated carbocycles. The van der Waals surface area contributed by atoms with Crippen molar-refractivity contribution in [3.63, 3.8) is 0 Å². The average Bonchev–Trinajstić information content (AvgIpc) is 2.54. The highest BCUT2D eigenvalue weighted by molar-refractivity contribution is 5.81. The third-order valence-corrected chi connectivity index (χ3v) is 4.52. The summed E-state index contributed by atoms with van der Waals surface area (Å²) < 4.78 is 5.81. The fraction of sp³-hybridized carbons (Fsp3) is 0.500. The fourth-order valence-corrected chi connectivity index (χ4v) is 2.84. The Kier molecular flexibility index (Phi) is 5.32. The largest absolute Gasteiger partial charge is 0.377 e. The van der Waals surface area contributed by atoms with Crippen LogP contribution in [0.1, 0.15) is 32.8 Å². The number of fused-ring (bicyclic) bond motifs is 1. The monoisotopic (exact) mass is 286 g/mol. The van der Waals surface area contributed by atoms with Crippen molar-refractivity contribution in [1.29, 1.82) is 0 Å². The number of pyridine rings is 1. The molecule has 0 saturated heterocycles. The Morgan fingerprint density at radius 1 is 1.24 bits per heavy atom. The molecule has 0 spiro atoms. The van der Waals surface area contributed by atoms with Crippen LogP contribution in [-0.2, 0) is 11.2 Å². The van der Waals surface area contributed by atoms with Crippen LogP contribution in [0.3, 0.4) is 0 Å². The maximum Gasteiger partial charge on any atom is 0.0803 e. The third-order valence-electron chi connectivity index (χ3n) is 4.52. The molecule has 0 amide bonds. The SMILES string of the molecule is CCNC(Cc1ccnc2ccccc12)C(C)(CC)OC. The maximum absolute atomic E-state index is 5.81. The number of benzene rings is 1. The molecule has 0 aliphatic carbocycles. The highest BCUT2D eigenvalue weighted by Crippen LogP contribution is 2.25. The molecule has 2 rings (SSSR count). The van der Waals surface area contributed by atoms with E-state index in [1.54, 1.807) is 7.11 Å². The Labute approximate surface area is 127 Å². The van der Waals surface area contributed by atoms with Crippen molar-refractivity contribution in [2.75, 3.05) is 13.7 Å². The lowest BCUT2D eigenvalue weighted by Crippen LogP contribution is -2.51. The van der Waals surface area contributed by atoms with E-state index < -0.39 is 0 Å². The molecule has 0 radical (unpaired) electrons. The van der Waals surface area contributed by atoms with Gasteiger partial charge in [-0.2, -0.15) is 0 Å². The molecule has 114 valence electrons. The quantitative estimate of drug-likeness (QED) is 0.845. The van der Waals surface area contributed by atoms with Crippen LogP contribution in [0.5, 0.6) is 0 Å². The van der Waals surface area contributed by atoms with E-state index in [9.17, 15) is 0 Å². The minimum atomic E-state index is -0.166. The standard InChI is InChI=1S/C18H26N2O/c1-5-18(3,21-4)17(19-6-2)13-14-11-12-20-16-10-8-7-9-15(14)16/h7-12,17,19H,5-6,13H2,1-4H3. The minimum absolute atomic E-state index is 0.166. The zero-order chi connectivity index (χ0) is 15.3. The molecule has 3 heteroatoms. The van der Waals surface area contributed by atoms with Gasteiger partial charge in [0.15, 0.2) is 0 Å². The summed E-state index contributed by atoms with van der Waals surface area (Å²) in [6.07, 6.45) is 3.82. The first-order valence-corrected chi connectivity index (χ1v) is 7.75. The predicted octanol–water partition coefficient (Wildman–Crippen LogP) is 3.57. The second-order valence-electron chi connectivity index (χ2n) is 5.67. The number of nitrogens with zero attached hydrogens (tertiary/aromatic N) is 1. The van der Waals surface area contributed by atoms with Gasteiger partial charge in [0.05, 0.1) is 11.1 Å². The van der Waals surface area contributed by atoms with Gasteiger partial charge in [-0.1, -0.05) is 32.0 Å². The predicted molar refractivity (Wildman–Crippen MR) is 88.6 cm³/mol. The molecular weight excluding hydrogens is 260 g/mol. The van der Waals surface area contributed by atoms with Crippen LogP contribution in [-0.4, -0.2) is 30.3 Å². The topological polar surface area (TPSA) is 34.2 Å². The van der Waals surface area contributed by atoms with Crippen molar-refractivity contribution >= 4 is 10.9 Å². The summed E-state index contributed by atoms with van der Waals surface area (Å²) >= 11 is 0. The van der Waals surface area contributed by atoms with Gasteiger partial charge in [-0.3, -0.25) is 4.98 Å². The maximum atomic E-state index is 5.81. The first-order valence-electron chi connectivity index (χ1n) is 7.75. The summed E-state index contributed by atoms with van der Waals surface area (Å²) in [5.41, 5.74) is 2.21. The van der Waals surface area contributed by atoms with Crippen LogP contribution < -0.4 is 5.32 Å². The molecule has 0 aliphatic rings. The van der Waals surface area contributed by atoms with E-state index in [0.717, 1.165) is 24.9 Å². The summed E-state index contributed by atoms with van der Waals surface area (Å²) in [7, 11) is 1.80. The van der Waals surface area contributed by atoms with E-state index in [4.69, 9.17) is 4.74 Å². The highest BCUT2D eigenvalue weighted by atomic mass is 16.5. The molecule has 2 atom stereocenters. The van der Waals surface area contributed by atoms with E-state index >= 15 is 0 Å². The van der Waals surface area contributed by atoms with Crippen molar-refractivity contribution in [2.45, 2.75) is 45.3 Å². The van der Waals surface area contributed by atoms with Gasteiger partial charge in [-0.25, -0.2) is 0 Å². The minimum Gasteiger partial charge on any atom is -0.377 e. The summed E-state index contributed by atoms with van der Waals surface area (Å²) in [5.74, 6) is 0. The van der Waals surface area contributed by atoms with Crippen LogP contribution in [0, 0.1) is 0 Å². The van der Waals surface area contributed by atoms with Gasteiger partial charge in [0.2, 0.25) is 0 Å². The van der Waals surface area contributed by atoms with Crippen molar-refractivity contribution in [1.82, 2.24) is 10.3 Å². The zero-order valence-electron chi connectivity index (χ0n) is 13.5. The molecule has 2 aromatic rings. The lowest BCUT2D eigenvalue weighted by Gasteiger charge is -2.36. The van der Waals surface area contributed by atoms with E-state index in [1.807, 2.05) is 12.3 Å². The number of hydrogen-bond donors (Lipinski definition) is 1. The lowest BCUT2D eigenvalue weighted by molar-refractivity contribution is -0.0283. The van der Waals surface area contributed by atoms with E-state index in [0.29, 0.717) is 0 Å². The number of ether oxygens (including phenoxy) is 1. The van der Waals surface area contributed by atoms with Crippen LogP contribution in [0.25, 0.3) is 10.9 Å². The Hall–Kier alpha value is -1.45. The van der Waals surface area contributed by atoms with Crippen molar-refractivity contribution in [3.05, 3.63) is 42.1 Å². The summed E-state index contributed by atoms with van der Waals surface area (Å²) in [5, 5.41) is 4.83. The van der Waals surface area contributed by atoms with Crippen molar-refractivity contribution in [2.24, 2.45) is 0 Å². The number of aromatic nitrogens is 1. The highest BCUT2D eigenvalue weighted by Gasteiger charge is 2.32. The summed E-state index contributed by atoms with van der Waals surface area (Å²) in [6.45, 7) is 7.44. The molecule has 0 fully saturated rings. The normalized spacial score (nSPS) is 15.8. The number of hydrogen-bond acceptors (Lipinski definition) is 3. The molecule has 0 aliphatic heterocycles. The van der Waals surface area contributed by atoms with Gasteiger partial charge < -0.3 is 10.1 Å². The Morgan fingerprint density at radius 2 is 2.00 bits per heavy atom. The summed E-state index contributed by atoms with van der Waals surface area (Å²) in [4.78, 5) is 4.45. The van der Waals surface area contributed by atoms with Crippen LogP contribution in [0.2, 0.25) is 0 Å². The molecule has 21 heavy (non-hydrogen) atoms. The van der Waals surface area contributed by atoms with Crippen LogP contribution in [0.4, 0.5) is 0 Å². The molecule has 0 bridgehead atoms. The first-order chi connectivity index (χ1) is 10.1. The number of nitrogens with one attached hydrogen (secondary N) is 1. The molecule has 2 unspecified atom stereocenters. The molecule has 1 heterocycles. The molecular formula is C18H26N2O. The van der Waals surface area contributed by atoms with E-state index in [2.05, 4.69) is 55.3 Å². The number of para-hydroxylation sites is 1. The molecule has 1 aromatic carbocycles. The van der Waals surface area contributed by atoms with Gasteiger partial charge in [-0.15, -0.1) is 0 Å². The Balaban J connectivity index is 2.35. The third kappa shape index (κ3) is 3.42. The van der Waals surface area contributed by atoms with Gasteiger partial charge in [0, 0.05) is 24.7 Å². The Morgan fingerprint density at radius 3 is 2.67 bits per heavy atom. The molecule has 3 nitrogen and oxygen atoms in total. The molecule has 1 N–H and O–H groups in total. The summed E-state index contributed by atoms with van der Waals surface area (Å²) in [6, 6.07) is 10.7. The van der Waals surface area contributed by atoms with Crippen molar-refractivity contribution < 1.29 is 4.74 Å². The fourth-order valence-electron chi connectivity index (χ4n) is 2.84. The zero-order valence-corrected chi connectivity index (χ0v) is 13.5. The van der Waals surface area contributed by atoms with Crippen LogP contribution in [0.15, 0.2) is 36.5 Å². The lowest BCUT2D eigenvalue weighted by atomic mass is 9.87. The van der Waals surface area contributed by atoms with Gasteiger partial charge in [0.1, 0.15) is 0 Å². The first kappa shape index (κ1) is 15.9. The number of methoxy groups -OCH3 is 1.